The van der Waals surface area contributed by atoms with Crippen LogP contribution in [-0.2, 0) is 0 Å². The number of nitrogens with one attached hydrogen (secondary N) is 1. The molecule has 4 aromatic rings. The molecule has 11 heteroatoms. The standard InChI is InChI=1S/C25H26ClFN8S/c26-17-12-16-22(20(27)19(17)15-2-1-3-18-21(15)30-24(28)36-18)31-25(32-23(16)34-8-5-29-6-9-34)35-11-10-33-7-4-14(35)13-33/h1-3,12,14,29H,4-11,13H2,(H2,28,30). The average Bonchev–Trinajstić information content (AvgIpc) is 3.46. The van der Waals surface area contributed by atoms with E-state index in [1.807, 2.05) is 24.3 Å². The Balaban J connectivity index is 1.46. The van der Waals surface area contributed by atoms with Gasteiger partial charge in [0, 0.05) is 74.9 Å². The lowest BCUT2D eigenvalue weighted by Crippen LogP contribution is -2.48. The summed E-state index contributed by atoms with van der Waals surface area (Å²) in [5.74, 6) is 0.910. The molecule has 7 rings (SSSR count). The van der Waals surface area contributed by atoms with Gasteiger partial charge in [0.2, 0.25) is 5.95 Å². The van der Waals surface area contributed by atoms with Crippen LogP contribution >= 0.6 is 22.9 Å². The number of benzene rings is 2. The van der Waals surface area contributed by atoms with Gasteiger partial charge < -0.3 is 20.9 Å². The summed E-state index contributed by atoms with van der Waals surface area (Å²) in [7, 11) is 0. The van der Waals surface area contributed by atoms with E-state index in [1.165, 1.54) is 11.3 Å². The first-order valence-corrected chi connectivity index (χ1v) is 13.6. The van der Waals surface area contributed by atoms with E-state index in [4.69, 9.17) is 27.3 Å². The van der Waals surface area contributed by atoms with Crippen LogP contribution in [0.2, 0.25) is 5.02 Å². The van der Waals surface area contributed by atoms with E-state index in [0.29, 0.717) is 49.7 Å². The summed E-state index contributed by atoms with van der Waals surface area (Å²) in [6.45, 7) is 7.20. The summed E-state index contributed by atoms with van der Waals surface area (Å²) in [6, 6.07) is 7.83. The third-order valence-electron chi connectivity index (χ3n) is 7.57. The molecule has 0 spiro atoms. The molecule has 186 valence electrons. The van der Waals surface area contributed by atoms with Gasteiger partial charge in [-0.3, -0.25) is 4.90 Å². The van der Waals surface area contributed by atoms with Crippen molar-refractivity contribution in [3.8, 4) is 11.1 Å². The molecule has 2 aromatic carbocycles. The van der Waals surface area contributed by atoms with Gasteiger partial charge in [0.15, 0.2) is 10.9 Å². The first-order valence-electron chi connectivity index (χ1n) is 12.4. The smallest absolute Gasteiger partial charge is 0.228 e. The lowest BCUT2D eigenvalue weighted by molar-refractivity contribution is 0.309. The molecular weight excluding hydrogens is 499 g/mol. The molecule has 5 heterocycles. The number of anilines is 3. The topological polar surface area (TPSA) is 86.4 Å². The van der Waals surface area contributed by atoms with Gasteiger partial charge in [0.25, 0.3) is 0 Å². The summed E-state index contributed by atoms with van der Waals surface area (Å²) in [6.07, 6.45) is 1.08. The van der Waals surface area contributed by atoms with E-state index < -0.39 is 5.82 Å². The van der Waals surface area contributed by atoms with Crippen molar-refractivity contribution in [2.24, 2.45) is 0 Å². The fourth-order valence-corrected chi connectivity index (χ4v) is 6.85. The van der Waals surface area contributed by atoms with Crippen molar-refractivity contribution >= 4 is 61.0 Å². The largest absolute Gasteiger partial charge is 0.375 e. The zero-order valence-electron chi connectivity index (χ0n) is 19.7. The van der Waals surface area contributed by atoms with Crippen molar-refractivity contribution in [3.05, 3.63) is 35.1 Å². The van der Waals surface area contributed by atoms with Crippen LogP contribution in [0.15, 0.2) is 24.3 Å². The molecule has 0 saturated carbocycles. The number of hydrogen-bond donors (Lipinski definition) is 2. The molecule has 3 N–H and O–H groups in total. The normalized spacial score (nSPS) is 22.2. The van der Waals surface area contributed by atoms with Crippen molar-refractivity contribution < 1.29 is 4.39 Å². The Morgan fingerprint density at radius 3 is 2.78 bits per heavy atom. The van der Waals surface area contributed by atoms with Gasteiger partial charge in [-0.1, -0.05) is 35.1 Å². The highest BCUT2D eigenvalue weighted by atomic mass is 35.5. The number of nitrogen functional groups attached to an aromatic ring is 1. The summed E-state index contributed by atoms with van der Waals surface area (Å²) in [5, 5.41) is 4.78. The predicted octanol–water partition coefficient (Wildman–Crippen LogP) is 3.59. The molecule has 3 aliphatic heterocycles. The first-order chi connectivity index (χ1) is 17.6. The molecular formula is C25H26ClFN8S. The second kappa shape index (κ2) is 8.65. The van der Waals surface area contributed by atoms with Crippen LogP contribution in [0.4, 0.5) is 21.3 Å². The van der Waals surface area contributed by atoms with Gasteiger partial charge in [-0.25, -0.2) is 14.4 Å². The van der Waals surface area contributed by atoms with Gasteiger partial charge in [-0.2, -0.15) is 4.98 Å². The lowest BCUT2D eigenvalue weighted by atomic mass is 10.0. The fraction of sp³-hybridized carbons (Fsp3) is 0.400. The highest BCUT2D eigenvalue weighted by Gasteiger charge is 2.35. The second-order valence-electron chi connectivity index (χ2n) is 9.67. The predicted molar refractivity (Wildman–Crippen MR) is 145 cm³/mol. The van der Waals surface area contributed by atoms with Crippen LogP contribution in [0.1, 0.15) is 6.42 Å². The minimum absolute atomic E-state index is 0.300. The van der Waals surface area contributed by atoms with Crippen LogP contribution in [0.3, 0.4) is 0 Å². The minimum atomic E-state index is -0.443. The number of hydrogen-bond acceptors (Lipinski definition) is 9. The molecule has 3 fully saturated rings. The van der Waals surface area contributed by atoms with E-state index in [2.05, 4.69) is 25.0 Å². The van der Waals surface area contributed by atoms with Crippen molar-refractivity contribution in [2.45, 2.75) is 12.5 Å². The highest BCUT2D eigenvalue weighted by Crippen LogP contribution is 2.42. The van der Waals surface area contributed by atoms with Crippen molar-refractivity contribution in [2.75, 3.05) is 67.9 Å². The van der Waals surface area contributed by atoms with Crippen molar-refractivity contribution in [1.29, 1.82) is 0 Å². The molecule has 0 radical (unpaired) electrons. The van der Waals surface area contributed by atoms with Gasteiger partial charge in [0.05, 0.1) is 15.2 Å². The van der Waals surface area contributed by atoms with E-state index in [0.717, 1.165) is 69.3 Å². The Hall–Kier alpha value is -2.79. The molecule has 3 aliphatic rings. The maximum Gasteiger partial charge on any atom is 0.228 e. The van der Waals surface area contributed by atoms with E-state index in [9.17, 15) is 0 Å². The van der Waals surface area contributed by atoms with Gasteiger partial charge in [-0.15, -0.1) is 0 Å². The Kier molecular flexibility index (Phi) is 5.39. The van der Waals surface area contributed by atoms with Crippen LogP contribution in [0.5, 0.6) is 0 Å². The lowest BCUT2D eigenvalue weighted by Gasteiger charge is -2.36. The van der Waals surface area contributed by atoms with Gasteiger partial charge >= 0.3 is 0 Å². The zero-order chi connectivity index (χ0) is 24.4. The number of thiazole rings is 1. The van der Waals surface area contributed by atoms with Gasteiger partial charge in [-0.05, 0) is 18.6 Å². The SMILES string of the molecule is Nc1nc2c(-c3c(Cl)cc4c(N5CCNCC5)nc(N5CCN6CCC5C6)nc4c3F)cccc2s1. The number of para-hydroxylation sites is 1. The Morgan fingerprint density at radius 2 is 1.92 bits per heavy atom. The number of piperazine rings is 2. The summed E-state index contributed by atoms with van der Waals surface area (Å²) in [4.78, 5) is 21.3. The molecule has 8 nitrogen and oxygen atoms in total. The van der Waals surface area contributed by atoms with E-state index in [-0.39, 0.29) is 0 Å². The maximum atomic E-state index is 16.5. The Labute approximate surface area is 216 Å². The summed E-state index contributed by atoms with van der Waals surface area (Å²) in [5.41, 5.74) is 7.86. The number of halogens is 2. The zero-order valence-corrected chi connectivity index (χ0v) is 21.2. The number of nitrogens with zero attached hydrogens (tertiary/aromatic N) is 6. The number of rotatable bonds is 3. The number of nitrogens with two attached hydrogens (primary N) is 1. The summed E-state index contributed by atoms with van der Waals surface area (Å²) >= 11 is 8.18. The highest BCUT2D eigenvalue weighted by molar-refractivity contribution is 7.22. The van der Waals surface area contributed by atoms with E-state index >= 15 is 4.39 Å². The molecule has 2 bridgehead atoms. The van der Waals surface area contributed by atoms with Crippen LogP contribution in [-0.4, -0.2) is 78.3 Å². The molecule has 36 heavy (non-hydrogen) atoms. The molecule has 2 unspecified atom stereocenters. The third kappa shape index (κ3) is 3.58. The average molecular weight is 525 g/mol. The molecule has 2 atom stereocenters. The van der Waals surface area contributed by atoms with E-state index in [1.54, 1.807) is 0 Å². The molecule has 3 saturated heterocycles. The van der Waals surface area contributed by atoms with Gasteiger partial charge in [0.1, 0.15) is 11.3 Å². The van der Waals surface area contributed by atoms with Crippen LogP contribution in [0, 0.1) is 5.82 Å². The molecule has 0 aliphatic carbocycles. The Morgan fingerprint density at radius 1 is 1.06 bits per heavy atom. The first kappa shape index (κ1) is 22.4. The maximum absolute atomic E-state index is 16.5. The fourth-order valence-electron chi connectivity index (χ4n) is 5.79. The minimum Gasteiger partial charge on any atom is -0.375 e. The molecule has 2 aromatic heterocycles. The Bertz CT molecular complexity index is 1490. The number of fused-ring (bicyclic) bond motifs is 4. The van der Waals surface area contributed by atoms with Crippen LogP contribution in [0.25, 0.3) is 32.2 Å². The second-order valence-corrected chi connectivity index (χ2v) is 11.1. The molecule has 0 amide bonds. The monoisotopic (exact) mass is 524 g/mol. The van der Waals surface area contributed by atoms with Crippen molar-refractivity contribution in [3.63, 3.8) is 0 Å². The number of aromatic nitrogens is 3. The summed E-state index contributed by atoms with van der Waals surface area (Å²) < 4.78 is 17.4. The quantitative estimate of drug-likeness (QED) is 0.420. The van der Waals surface area contributed by atoms with Crippen molar-refractivity contribution in [1.82, 2.24) is 25.2 Å². The van der Waals surface area contributed by atoms with Crippen LogP contribution < -0.4 is 20.9 Å². The third-order valence-corrected chi connectivity index (χ3v) is 8.72.